The van der Waals surface area contributed by atoms with Gasteiger partial charge in [-0.15, -0.1) is 0 Å². The molecule has 30 heavy (non-hydrogen) atoms. The lowest BCUT2D eigenvalue weighted by Gasteiger charge is -2.18. The lowest BCUT2D eigenvalue weighted by molar-refractivity contribution is 0.0784. The van der Waals surface area contributed by atoms with Crippen LogP contribution < -0.4 is 15.8 Å². The molecule has 2 aliphatic carbocycles. The van der Waals surface area contributed by atoms with E-state index in [1.165, 1.54) is 53.2 Å². The van der Waals surface area contributed by atoms with Gasteiger partial charge in [-0.05, 0) is 104 Å². The molecule has 2 aromatic carbocycles. The van der Waals surface area contributed by atoms with Gasteiger partial charge in [0.2, 0.25) is 0 Å². The lowest BCUT2D eigenvalue weighted by Crippen LogP contribution is -2.24. The van der Waals surface area contributed by atoms with Crippen molar-refractivity contribution < 1.29 is 9.90 Å². The van der Waals surface area contributed by atoms with Crippen LogP contribution in [0.1, 0.15) is 54.5 Å². The Bertz CT molecular complexity index is 944. The van der Waals surface area contributed by atoms with Crippen molar-refractivity contribution in [1.82, 2.24) is 4.72 Å². The van der Waals surface area contributed by atoms with Gasteiger partial charge in [0.1, 0.15) is 0 Å². The minimum absolute atomic E-state index is 0.192. The molecule has 0 unspecified atom stereocenters. The van der Waals surface area contributed by atoms with Crippen LogP contribution >= 0.6 is 11.9 Å². The SMILES string of the molecule is CC(C)(O)c1cccc(SNC(=O)Nc2c3c(cc4c2CCC4)CCC3)c1.N#CN. The van der Waals surface area contributed by atoms with Gasteiger partial charge in [0, 0.05) is 10.6 Å². The van der Waals surface area contributed by atoms with Crippen LogP contribution in [0.2, 0.25) is 0 Å². The first-order chi connectivity index (χ1) is 14.3. The first-order valence-corrected chi connectivity index (χ1v) is 11.0. The summed E-state index contributed by atoms with van der Waals surface area (Å²) in [5.41, 5.74) is 10.6. The standard InChI is InChI=1S/C22H26N2O2S.CH2N2/c1-22(2,26)16-8-5-9-17(13-16)27-24-21(25)23-20-18-10-3-6-14(18)12-15-7-4-11-19(15)20;2-1-3/h5,8-9,12-13,26H,3-4,6-7,10-11H2,1-2H3,(H2,23,24,25);2H2. The Morgan fingerprint density at radius 3 is 2.30 bits per heavy atom. The van der Waals surface area contributed by atoms with Gasteiger partial charge in [0.25, 0.3) is 0 Å². The highest BCUT2D eigenvalue weighted by molar-refractivity contribution is 7.98. The van der Waals surface area contributed by atoms with Crippen molar-refractivity contribution in [2.24, 2.45) is 5.73 Å². The van der Waals surface area contributed by atoms with Crippen LogP contribution in [0.25, 0.3) is 0 Å². The molecule has 2 amide bonds. The molecule has 0 heterocycles. The van der Waals surface area contributed by atoms with E-state index >= 15 is 0 Å². The molecule has 2 aliphatic rings. The maximum atomic E-state index is 12.6. The van der Waals surface area contributed by atoms with Crippen molar-refractivity contribution in [3.05, 3.63) is 58.1 Å². The van der Waals surface area contributed by atoms with Gasteiger partial charge in [-0.25, -0.2) is 4.79 Å². The van der Waals surface area contributed by atoms with Gasteiger partial charge < -0.3 is 16.2 Å². The van der Waals surface area contributed by atoms with Crippen LogP contribution in [0.4, 0.5) is 10.5 Å². The average molecular weight is 425 g/mol. The number of aryl methyl sites for hydroxylation is 2. The van der Waals surface area contributed by atoms with Gasteiger partial charge in [0.05, 0.1) is 5.60 Å². The van der Waals surface area contributed by atoms with Crippen LogP contribution in [0.5, 0.6) is 0 Å². The highest BCUT2D eigenvalue weighted by atomic mass is 32.2. The van der Waals surface area contributed by atoms with Gasteiger partial charge in [0.15, 0.2) is 6.19 Å². The monoisotopic (exact) mass is 424 g/mol. The number of urea groups is 1. The topological polar surface area (TPSA) is 111 Å². The zero-order valence-corrected chi connectivity index (χ0v) is 18.2. The largest absolute Gasteiger partial charge is 0.386 e. The van der Waals surface area contributed by atoms with Gasteiger partial charge in [-0.3, -0.25) is 4.72 Å². The molecule has 0 atom stereocenters. The molecular formula is C23H28N4O2S. The van der Waals surface area contributed by atoms with Crippen LogP contribution in [0.3, 0.4) is 0 Å². The second-order valence-electron chi connectivity index (χ2n) is 8.11. The fraction of sp³-hybridized carbons (Fsp3) is 0.391. The Hall–Kier alpha value is -2.69. The second-order valence-corrected chi connectivity index (χ2v) is 8.99. The Morgan fingerprint density at radius 1 is 1.13 bits per heavy atom. The highest BCUT2D eigenvalue weighted by Gasteiger charge is 2.25. The first kappa shape index (κ1) is 22.0. The van der Waals surface area contributed by atoms with Crippen LogP contribution in [-0.4, -0.2) is 11.1 Å². The molecule has 2 aromatic rings. The van der Waals surface area contributed by atoms with Crippen LogP contribution in [0.15, 0.2) is 35.2 Å². The number of anilines is 1. The summed E-state index contributed by atoms with van der Waals surface area (Å²) in [6.45, 7) is 3.51. The molecule has 0 aromatic heterocycles. The number of amides is 2. The van der Waals surface area contributed by atoms with Crippen LogP contribution in [-0.2, 0) is 31.3 Å². The number of benzene rings is 2. The number of nitrogens with two attached hydrogens (primary N) is 1. The Morgan fingerprint density at radius 2 is 1.73 bits per heavy atom. The summed E-state index contributed by atoms with van der Waals surface area (Å²) < 4.78 is 2.89. The molecule has 0 aliphatic heterocycles. The van der Waals surface area contributed by atoms with Crippen molar-refractivity contribution in [3.8, 4) is 6.19 Å². The third-order valence-electron chi connectivity index (χ3n) is 5.51. The smallest absolute Gasteiger partial charge is 0.329 e. The normalized spacial score (nSPS) is 14.1. The third-order valence-corrected chi connectivity index (χ3v) is 6.29. The van der Waals surface area contributed by atoms with Crippen molar-refractivity contribution in [3.63, 3.8) is 0 Å². The molecule has 0 saturated heterocycles. The molecule has 7 heteroatoms. The van der Waals surface area contributed by atoms with Gasteiger partial charge in [-0.2, -0.15) is 5.26 Å². The number of nitrogens with zero attached hydrogens (tertiary/aromatic N) is 1. The summed E-state index contributed by atoms with van der Waals surface area (Å²) in [6, 6.07) is 9.79. The Balaban J connectivity index is 0.000000806. The highest BCUT2D eigenvalue weighted by Crippen LogP contribution is 2.38. The molecule has 0 bridgehead atoms. The minimum Gasteiger partial charge on any atom is -0.386 e. The molecule has 6 nitrogen and oxygen atoms in total. The number of nitriles is 1. The quantitative estimate of drug-likeness (QED) is 0.335. The molecule has 0 radical (unpaired) electrons. The summed E-state index contributed by atoms with van der Waals surface area (Å²) in [5, 5.41) is 20.4. The summed E-state index contributed by atoms with van der Waals surface area (Å²) >= 11 is 1.27. The van der Waals surface area contributed by atoms with Crippen molar-refractivity contribution in [1.29, 1.82) is 5.26 Å². The van der Waals surface area contributed by atoms with Crippen molar-refractivity contribution in [2.45, 2.75) is 62.9 Å². The summed E-state index contributed by atoms with van der Waals surface area (Å²) in [4.78, 5) is 13.5. The number of carbonyl (C=O) groups excluding carboxylic acids is 1. The zero-order chi connectivity index (χ0) is 21.7. The number of nitrogens with one attached hydrogen (secondary N) is 2. The third kappa shape index (κ3) is 5.07. The number of hydrogen-bond donors (Lipinski definition) is 4. The van der Waals surface area contributed by atoms with E-state index < -0.39 is 5.60 Å². The van der Waals surface area contributed by atoms with E-state index in [0.717, 1.165) is 41.8 Å². The van der Waals surface area contributed by atoms with E-state index in [1.807, 2.05) is 24.3 Å². The van der Waals surface area contributed by atoms with E-state index in [0.29, 0.717) is 0 Å². The predicted octanol–water partition coefficient (Wildman–Crippen LogP) is 4.15. The number of aliphatic hydroxyl groups is 1. The van der Waals surface area contributed by atoms with Crippen molar-refractivity contribution >= 4 is 23.7 Å². The number of rotatable bonds is 4. The average Bonchev–Trinajstić information content (AvgIpc) is 3.35. The predicted molar refractivity (Wildman–Crippen MR) is 120 cm³/mol. The van der Waals surface area contributed by atoms with Gasteiger partial charge in [-0.1, -0.05) is 18.2 Å². The van der Waals surface area contributed by atoms with E-state index in [2.05, 4.69) is 21.8 Å². The first-order valence-electron chi connectivity index (χ1n) is 10.2. The van der Waals surface area contributed by atoms with E-state index in [1.54, 1.807) is 13.8 Å². The number of carbonyl (C=O) groups is 1. The Labute approximate surface area is 182 Å². The molecule has 0 saturated carbocycles. The second kappa shape index (κ2) is 9.41. The molecule has 0 spiro atoms. The van der Waals surface area contributed by atoms with E-state index in [-0.39, 0.29) is 6.03 Å². The zero-order valence-electron chi connectivity index (χ0n) is 17.4. The van der Waals surface area contributed by atoms with E-state index in [9.17, 15) is 9.90 Å². The van der Waals surface area contributed by atoms with Crippen LogP contribution in [0, 0.1) is 11.5 Å². The molecule has 158 valence electrons. The number of fused-ring (bicyclic) bond motifs is 2. The lowest BCUT2D eigenvalue weighted by atomic mass is 9.99. The summed E-state index contributed by atoms with van der Waals surface area (Å²) in [6.07, 6.45) is 7.95. The molecule has 0 fully saturated rings. The maximum absolute atomic E-state index is 12.6. The Kier molecular flexibility index (Phi) is 6.91. The summed E-state index contributed by atoms with van der Waals surface area (Å²) in [5.74, 6) is 0. The fourth-order valence-corrected chi connectivity index (χ4v) is 4.75. The van der Waals surface area contributed by atoms with E-state index in [4.69, 9.17) is 5.26 Å². The number of hydrogen-bond acceptors (Lipinski definition) is 5. The van der Waals surface area contributed by atoms with Crippen molar-refractivity contribution in [2.75, 3.05) is 5.32 Å². The maximum Gasteiger partial charge on any atom is 0.329 e. The molecule has 5 N–H and O–H groups in total. The minimum atomic E-state index is -0.899. The molecular weight excluding hydrogens is 396 g/mol. The molecule has 4 rings (SSSR count). The fourth-order valence-electron chi connectivity index (χ4n) is 4.15. The van der Waals surface area contributed by atoms with Gasteiger partial charge >= 0.3 is 6.03 Å². The summed E-state index contributed by atoms with van der Waals surface area (Å²) in [7, 11) is 0.